The average Bonchev–Trinajstić information content (AvgIpc) is 2.82. The predicted molar refractivity (Wildman–Crippen MR) is 74.0 cm³/mol. The summed E-state index contributed by atoms with van der Waals surface area (Å²) in [6.07, 6.45) is 0. The number of benzene rings is 1. The van der Waals surface area contributed by atoms with Crippen LogP contribution >= 0.6 is 23.4 Å². The molecule has 3 aromatic rings. The SMILES string of the molecule is Clc1cccc2nc(SCc3ccccc3)nn12. The molecule has 2 aromatic heterocycles. The maximum Gasteiger partial charge on any atom is 0.209 e. The fourth-order valence-electron chi connectivity index (χ4n) is 1.64. The molecule has 3 nitrogen and oxygen atoms in total. The van der Waals surface area contributed by atoms with Gasteiger partial charge in [0.2, 0.25) is 5.16 Å². The summed E-state index contributed by atoms with van der Waals surface area (Å²) >= 11 is 7.65. The molecule has 0 saturated heterocycles. The Morgan fingerprint density at radius 2 is 1.89 bits per heavy atom. The van der Waals surface area contributed by atoms with Crippen molar-refractivity contribution in [2.45, 2.75) is 10.9 Å². The summed E-state index contributed by atoms with van der Waals surface area (Å²) in [6.45, 7) is 0. The Morgan fingerprint density at radius 3 is 2.67 bits per heavy atom. The van der Waals surface area contributed by atoms with Crippen LogP contribution < -0.4 is 0 Å². The third-order valence-corrected chi connectivity index (χ3v) is 3.70. The minimum atomic E-state index is 0.576. The highest BCUT2D eigenvalue weighted by atomic mass is 35.5. The second-order valence-electron chi connectivity index (χ2n) is 3.79. The maximum absolute atomic E-state index is 6.04. The molecule has 0 fully saturated rings. The lowest BCUT2D eigenvalue weighted by atomic mass is 10.2. The zero-order chi connectivity index (χ0) is 12.4. The topological polar surface area (TPSA) is 30.2 Å². The lowest BCUT2D eigenvalue weighted by Crippen LogP contribution is -1.87. The van der Waals surface area contributed by atoms with E-state index in [9.17, 15) is 0 Å². The first-order valence-electron chi connectivity index (χ1n) is 5.51. The Labute approximate surface area is 114 Å². The molecule has 2 heterocycles. The van der Waals surface area contributed by atoms with Gasteiger partial charge in [-0.1, -0.05) is 59.8 Å². The van der Waals surface area contributed by atoms with E-state index in [0.717, 1.165) is 16.6 Å². The number of hydrogen-bond donors (Lipinski definition) is 0. The van der Waals surface area contributed by atoms with Crippen molar-refractivity contribution in [1.82, 2.24) is 14.6 Å². The molecule has 0 radical (unpaired) electrons. The molecule has 0 unspecified atom stereocenters. The second-order valence-corrected chi connectivity index (χ2v) is 5.12. The van der Waals surface area contributed by atoms with E-state index in [1.54, 1.807) is 22.3 Å². The molecule has 5 heteroatoms. The minimum absolute atomic E-state index is 0.576. The molecular weight excluding hydrogens is 266 g/mol. The van der Waals surface area contributed by atoms with Crippen LogP contribution in [0.3, 0.4) is 0 Å². The number of nitrogens with zero attached hydrogens (tertiary/aromatic N) is 3. The highest BCUT2D eigenvalue weighted by Crippen LogP contribution is 2.21. The van der Waals surface area contributed by atoms with Crippen LogP contribution in [0.2, 0.25) is 5.15 Å². The van der Waals surface area contributed by atoms with Crippen molar-refractivity contribution in [2.75, 3.05) is 0 Å². The van der Waals surface area contributed by atoms with E-state index < -0.39 is 0 Å². The fourth-order valence-corrected chi connectivity index (χ4v) is 2.62. The van der Waals surface area contributed by atoms with Crippen LogP contribution in [0.1, 0.15) is 5.56 Å². The Hall–Kier alpha value is -1.52. The molecule has 0 N–H and O–H groups in total. The number of aromatic nitrogens is 3. The van der Waals surface area contributed by atoms with E-state index in [1.165, 1.54) is 5.56 Å². The summed E-state index contributed by atoms with van der Waals surface area (Å²) in [6, 6.07) is 15.8. The summed E-state index contributed by atoms with van der Waals surface area (Å²) in [4.78, 5) is 4.42. The molecule has 1 aromatic carbocycles. The molecule has 0 aliphatic carbocycles. The average molecular weight is 276 g/mol. The van der Waals surface area contributed by atoms with Gasteiger partial charge in [-0.3, -0.25) is 0 Å². The van der Waals surface area contributed by atoms with Gasteiger partial charge in [-0.25, -0.2) is 9.50 Å². The van der Waals surface area contributed by atoms with Crippen LogP contribution in [0.5, 0.6) is 0 Å². The van der Waals surface area contributed by atoms with Gasteiger partial charge in [-0.2, -0.15) is 0 Å². The van der Waals surface area contributed by atoms with Gasteiger partial charge < -0.3 is 0 Å². The van der Waals surface area contributed by atoms with Gasteiger partial charge in [0.15, 0.2) is 5.65 Å². The van der Waals surface area contributed by atoms with Crippen molar-refractivity contribution in [1.29, 1.82) is 0 Å². The first kappa shape index (κ1) is 11.6. The minimum Gasteiger partial charge on any atom is -0.202 e. The number of rotatable bonds is 3. The predicted octanol–water partition coefficient (Wildman–Crippen LogP) is 3.68. The standard InChI is InChI=1S/C13H10ClN3S/c14-11-7-4-8-12-15-13(16-17(11)12)18-9-10-5-2-1-3-6-10/h1-8H,9H2. The molecule has 3 rings (SSSR count). The second kappa shape index (κ2) is 5.00. The number of thioether (sulfide) groups is 1. The number of halogens is 1. The first-order valence-corrected chi connectivity index (χ1v) is 6.87. The molecule has 90 valence electrons. The quantitative estimate of drug-likeness (QED) is 0.540. The molecule has 0 spiro atoms. The monoisotopic (exact) mass is 275 g/mol. The van der Waals surface area contributed by atoms with E-state index in [4.69, 9.17) is 11.6 Å². The summed E-state index contributed by atoms with van der Waals surface area (Å²) in [5.41, 5.74) is 2.03. The smallest absolute Gasteiger partial charge is 0.202 e. The van der Waals surface area contributed by atoms with Crippen LogP contribution in [-0.4, -0.2) is 14.6 Å². The van der Waals surface area contributed by atoms with Gasteiger partial charge in [0.25, 0.3) is 0 Å². The largest absolute Gasteiger partial charge is 0.209 e. The third-order valence-electron chi connectivity index (χ3n) is 2.50. The molecule has 0 aliphatic heterocycles. The Bertz CT molecular complexity index is 666. The van der Waals surface area contributed by atoms with Crippen LogP contribution in [-0.2, 0) is 5.75 Å². The van der Waals surface area contributed by atoms with Gasteiger partial charge in [-0.05, 0) is 17.7 Å². The van der Waals surface area contributed by atoms with Crippen LogP contribution in [0.4, 0.5) is 0 Å². The van der Waals surface area contributed by atoms with Crippen molar-refractivity contribution < 1.29 is 0 Å². The zero-order valence-electron chi connectivity index (χ0n) is 9.45. The highest BCUT2D eigenvalue weighted by molar-refractivity contribution is 7.98. The molecule has 0 aliphatic rings. The molecule has 18 heavy (non-hydrogen) atoms. The van der Waals surface area contributed by atoms with Crippen molar-refractivity contribution in [2.24, 2.45) is 0 Å². The lowest BCUT2D eigenvalue weighted by molar-refractivity contribution is 0.887. The normalized spacial score (nSPS) is 10.9. The Morgan fingerprint density at radius 1 is 1.06 bits per heavy atom. The lowest BCUT2D eigenvalue weighted by Gasteiger charge is -1.96. The maximum atomic E-state index is 6.04. The Kier molecular flexibility index (Phi) is 3.21. The van der Waals surface area contributed by atoms with Crippen LogP contribution in [0, 0.1) is 0 Å². The van der Waals surface area contributed by atoms with E-state index in [1.807, 2.05) is 30.3 Å². The van der Waals surface area contributed by atoms with Crippen LogP contribution in [0.15, 0.2) is 53.7 Å². The first-order chi connectivity index (χ1) is 8.83. The van der Waals surface area contributed by atoms with Gasteiger partial charge in [0.05, 0.1) is 0 Å². The zero-order valence-corrected chi connectivity index (χ0v) is 11.0. The third kappa shape index (κ3) is 2.35. The van der Waals surface area contributed by atoms with Gasteiger partial charge in [0.1, 0.15) is 5.15 Å². The number of hydrogen-bond acceptors (Lipinski definition) is 3. The summed E-state index contributed by atoms with van der Waals surface area (Å²) in [5, 5.41) is 5.68. The molecule has 0 atom stereocenters. The van der Waals surface area contributed by atoms with Gasteiger partial charge >= 0.3 is 0 Å². The fraction of sp³-hybridized carbons (Fsp3) is 0.0769. The molecule has 0 bridgehead atoms. The highest BCUT2D eigenvalue weighted by Gasteiger charge is 2.06. The van der Waals surface area contributed by atoms with E-state index in [0.29, 0.717) is 5.15 Å². The van der Waals surface area contributed by atoms with Gasteiger partial charge in [-0.15, -0.1) is 5.10 Å². The van der Waals surface area contributed by atoms with Crippen molar-refractivity contribution in [3.8, 4) is 0 Å². The van der Waals surface area contributed by atoms with E-state index in [2.05, 4.69) is 22.2 Å². The Balaban J connectivity index is 1.81. The van der Waals surface area contributed by atoms with Crippen LogP contribution in [0.25, 0.3) is 5.65 Å². The number of pyridine rings is 1. The number of fused-ring (bicyclic) bond motifs is 1. The molecule has 0 saturated carbocycles. The summed E-state index contributed by atoms with van der Waals surface area (Å²) in [5.74, 6) is 0.856. The van der Waals surface area contributed by atoms with Crippen molar-refractivity contribution in [3.63, 3.8) is 0 Å². The summed E-state index contributed by atoms with van der Waals surface area (Å²) in [7, 11) is 0. The molecular formula is C13H10ClN3S. The van der Waals surface area contributed by atoms with E-state index >= 15 is 0 Å². The van der Waals surface area contributed by atoms with E-state index in [-0.39, 0.29) is 0 Å². The molecule has 0 amide bonds. The van der Waals surface area contributed by atoms with Gasteiger partial charge in [0, 0.05) is 5.75 Å². The van der Waals surface area contributed by atoms with Crippen molar-refractivity contribution in [3.05, 3.63) is 59.2 Å². The summed E-state index contributed by atoms with van der Waals surface area (Å²) < 4.78 is 1.65. The van der Waals surface area contributed by atoms with Crippen molar-refractivity contribution >= 4 is 29.0 Å².